The first-order chi connectivity index (χ1) is 8.61. The molecule has 1 aromatic rings. The minimum Gasteiger partial charge on any atom is -0.391 e. The molecule has 0 bridgehead atoms. The Morgan fingerprint density at radius 1 is 1.50 bits per heavy atom. The van der Waals surface area contributed by atoms with Gasteiger partial charge in [0.15, 0.2) is 0 Å². The van der Waals surface area contributed by atoms with Crippen molar-refractivity contribution in [2.75, 3.05) is 6.54 Å². The monoisotopic (exact) mass is 269 g/mol. The van der Waals surface area contributed by atoms with Gasteiger partial charge >= 0.3 is 0 Å². The van der Waals surface area contributed by atoms with Crippen LogP contribution in [0.4, 0.5) is 0 Å². The maximum Gasteiger partial charge on any atom is 0.220 e. The van der Waals surface area contributed by atoms with Crippen molar-refractivity contribution in [1.29, 1.82) is 0 Å². The van der Waals surface area contributed by atoms with E-state index >= 15 is 0 Å². The third kappa shape index (κ3) is 6.17. The molecule has 0 spiro atoms. The van der Waals surface area contributed by atoms with E-state index in [9.17, 15) is 9.90 Å². The largest absolute Gasteiger partial charge is 0.391 e. The van der Waals surface area contributed by atoms with Crippen molar-refractivity contribution >= 4 is 17.2 Å². The van der Waals surface area contributed by atoms with Gasteiger partial charge in [-0.2, -0.15) is 0 Å². The number of carbonyl (C=O) groups is 1. The molecule has 4 heteroatoms. The van der Waals surface area contributed by atoms with E-state index in [1.165, 1.54) is 9.75 Å². The van der Waals surface area contributed by atoms with Crippen molar-refractivity contribution < 1.29 is 9.90 Å². The molecule has 1 rings (SSSR count). The van der Waals surface area contributed by atoms with E-state index in [-0.39, 0.29) is 5.91 Å². The Bertz CT molecular complexity index is 362. The van der Waals surface area contributed by atoms with Gasteiger partial charge in [-0.25, -0.2) is 0 Å². The number of hydrogen-bond donors (Lipinski definition) is 2. The molecule has 102 valence electrons. The smallest absolute Gasteiger partial charge is 0.220 e. The fraction of sp³-hybridized carbons (Fsp3) is 0.643. The summed E-state index contributed by atoms with van der Waals surface area (Å²) >= 11 is 1.79. The van der Waals surface area contributed by atoms with E-state index in [0.717, 1.165) is 25.7 Å². The molecule has 1 aromatic heterocycles. The Hall–Kier alpha value is -0.870. The number of aliphatic hydroxyl groups excluding tert-OH is 1. The molecule has 1 atom stereocenters. The quantitative estimate of drug-likeness (QED) is 0.762. The highest BCUT2D eigenvalue weighted by Gasteiger charge is 2.06. The molecular formula is C14H23NO2S. The second-order valence-corrected chi connectivity index (χ2v) is 5.98. The van der Waals surface area contributed by atoms with Gasteiger partial charge in [0.2, 0.25) is 5.91 Å². The zero-order valence-corrected chi connectivity index (χ0v) is 12.1. The van der Waals surface area contributed by atoms with Crippen molar-refractivity contribution in [3.8, 4) is 0 Å². The minimum atomic E-state index is -0.404. The minimum absolute atomic E-state index is 0.0402. The first-order valence-corrected chi connectivity index (χ1v) is 7.43. The van der Waals surface area contributed by atoms with Crippen LogP contribution >= 0.6 is 11.3 Å². The van der Waals surface area contributed by atoms with E-state index in [4.69, 9.17) is 0 Å². The highest BCUT2D eigenvalue weighted by molar-refractivity contribution is 7.11. The van der Waals surface area contributed by atoms with Crippen LogP contribution in [0, 0.1) is 6.92 Å². The highest BCUT2D eigenvalue weighted by Crippen LogP contribution is 2.17. The maximum absolute atomic E-state index is 11.5. The fourth-order valence-corrected chi connectivity index (χ4v) is 2.73. The van der Waals surface area contributed by atoms with Gasteiger partial charge in [-0.3, -0.25) is 4.79 Å². The Morgan fingerprint density at radius 2 is 2.28 bits per heavy atom. The second kappa shape index (κ2) is 8.27. The summed E-state index contributed by atoms with van der Waals surface area (Å²) in [5.74, 6) is 0.0402. The molecule has 0 aromatic carbocycles. The predicted molar refractivity (Wildman–Crippen MR) is 75.9 cm³/mol. The van der Waals surface area contributed by atoms with Crippen LogP contribution in [0.3, 0.4) is 0 Å². The standard InChI is InChI=1S/C14H23NO2S/c1-3-5-12(16)10-15-14(17)7-4-6-13-9-8-11(2)18-13/h8-9,12,16H,3-7,10H2,1-2H3,(H,15,17). The summed E-state index contributed by atoms with van der Waals surface area (Å²) in [7, 11) is 0. The van der Waals surface area contributed by atoms with Gasteiger partial charge in [-0.15, -0.1) is 11.3 Å². The molecular weight excluding hydrogens is 246 g/mol. The van der Waals surface area contributed by atoms with Crippen molar-refractivity contribution in [3.63, 3.8) is 0 Å². The molecule has 3 nitrogen and oxygen atoms in total. The third-order valence-corrected chi connectivity index (χ3v) is 3.84. The molecule has 0 radical (unpaired) electrons. The molecule has 0 saturated carbocycles. The Labute approximate surface area is 113 Å². The predicted octanol–water partition coefficient (Wildman–Crippen LogP) is 2.66. The Balaban J connectivity index is 2.10. The van der Waals surface area contributed by atoms with Crippen LogP contribution in [0.15, 0.2) is 12.1 Å². The van der Waals surface area contributed by atoms with Crippen LogP contribution in [0.25, 0.3) is 0 Å². The van der Waals surface area contributed by atoms with Crippen LogP contribution in [-0.2, 0) is 11.2 Å². The second-order valence-electron chi connectivity index (χ2n) is 4.61. The molecule has 0 aliphatic heterocycles. The van der Waals surface area contributed by atoms with Gasteiger partial charge in [0.1, 0.15) is 0 Å². The number of carbonyl (C=O) groups excluding carboxylic acids is 1. The lowest BCUT2D eigenvalue weighted by Gasteiger charge is -2.10. The topological polar surface area (TPSA) is 49.3 Å². The summed E-state index contributed by atoms with van der Waals surface area (Å²) in [4.78, 5) is 14.2. The molecule has 18 heavy (non-hydrogen) atoms. The summed E-state index contributed by atoms with van der Waals surface area (Å²) < 4.78 is 0. The molecule has 0 fully saturated rings. The molecule has 1 heterocycles. The van der Waals surface area contributed by atoms with Gasteiger partial charge in [-0.1, -0.05) is 13.3 Å². The summed E-state index contributed by atoms with van der Waals surface area (Å²) in [6, 6.07) is 4.24. The van der Waals surface area contributed by atoms with Crippen molar-refractivity contribution in [1.82, 2.24) is 5.32 Å². The third-order valence-electron chi connectivity index (χ3n) is 2.78. The highest BCUT2D eigenvalue weighted by atomic mass is 32.1. The number of aryl methyl sites for hydroxylation is 2. The van der Waals surface area contributed by atoms with Crippen LogP contribution < -0.4 is 5.32 Å². The van der Waals surface area contributed by atoms with Crippen LogP contribution in [0.1, 0.15) is 42.4 Å². The fourth-order valence-electron chi connectivity index (χ4n) is 1.80. The number of rotatable bonds is 8. The van der Waals surface area contributed by atoms with E-state index in [0.29, 0.717) is 13.0 Å². The Morgan fingerprint density at radius 3 is 2.89 bits per heavy atom. The number of aliphatic hydroxyl groups is 1. The molecule has 0 aliphatic carbocycles. The van der Waals surface area contributed by atoms with Gasteiger partial charge in [0, 0.05) is 22.7 Å². The SMILES string of the molecule is CCCC(O)CNC(=O)CCCc1ccc(C)s1. The number of amides is 1. The lowest BCUT2D eigenvalue weighted by molar-refractivity contribution is -0.121. The van der Waals surface area contributed by atoms with Gasteiger partial charge in [0.05, 0.1) is 6.10 Å². The van der Waals surface area contributed by atoms with E-state index in [2.05, 4.69) is 24.4 Å². The van der Waals surface area contributed by atoms with E-state index in [1.54, 1.807) is 11.3 Å². The lowest BCUT2D eigenvalue weighted by Crippen LogP contribution is -2.31. The average molecular weight is 269 g/mol. The molecule has 1 unspecified atom stereocenters. The Kier molecular flexibility index (Phi) is 6.98. The van der Waals surface area contributed by atoms with Crippen LogP contribution in [0.5, 0.6) is 0 Å². The van der Waals surface area contributed by atoms with E-state index < -0.39 is 6.10 Å². The number of hydrogen-bond acceptors (Lipinski definition) is 3. The van der Waals surface area contributed by atoms with Crippen LogP contribution in [-0.4, -0.2) is 23.7 Å². The number of nitrogens with one attached hydrogen (secondary N) is 1. The van der Waals surface area contributed by atoms with Gasteiger partial charge < -0.3 is 10.4 Å². The lowest BCUT2D eigenvalue weighted by atomic mass is 10.2. The number of thiophene rings is 1. The summed E-state index contributed by atoms with van der Waals surface area (Å²) in [5, 5.41) is 12.3. The van der Waals surface area contributed by atoms with Gasteiger partial charge in [0.25, 0.3) is 0 Å². The normalized spacial score (nSPS) is 12.4. The van der Waals surface area contributed by atoms with Crippen LogP contribution in [0.2, 0.25) is 0 Å². The van der Waals surface area contributed by atoms with Crippen molar-refractivity contribution in [3.05, 3.63) is 21.9 Å². The first-order valence-electron chi connectivity index (χ1n) is 6.62. The molecule has 2 N–H and O–H groups in total. The first kappa shape index (κ1) is 15.2. The molecule has 1 amide bonds. The zero-order valence-electron chi connectivity index (χ0n) is 11.2. The molecule has 0 saturated heterocycles. The molecule has 0 aliphatic rings. The van der Waals surface area contributed by atoms with Crippen molar-refractivity contribution in [2.24, 2.45) is 0 Å². The van der Waals surface area contributed by atoms with E-state index in [1.807, 2.05) is 6.92 Å². The summed E-state index contributed by atoms with van der Waals surface area (Å²) in [5.41, 5.74) is 0. The van der Waals surface area contributed by atoms with Gasteiger partial charge in [-0.05, 0) is 38.3 Å². The summed E-state index contributed by atoms with van der Waals surface area (Å²) in [6.45, 7) is 4.49. The maximum atomic E-state index is 11.5. The summed E-state index contributed by atoms with van der Waals surface area (Å²) in [6.07, 6.45) is 3.65. The average Bonchev–Trinajstić information content (AvgIpc) is 2.73. The zero-order chi connectivity index (χ0) is 13.4. The van der Waals surface area contributed by atoms with Crippen molar-refractivity contribution in [2.45, 2.75) is 52.1 Å².